The van der Waals surface area contributed by atoms with Gasteiger partial charge in [-0.25, -0.2) is 9.59 Å². The number of ether oxygens (including phenoxy) is 2. The number of hydrogen-bond donors (Lipinski definition) is 0. The van der Waals surface area contributed by atoms with E-state index in [2.05, 4.69) is 55.6 Å². The van der Waals surface area contributed by atoms with Crippen molar-refractivity contribution in [3.8, 4) is 21.9 Å². The van der Waals surface area contributed by atoms with Crippen LogP contribution in [0.2, 0.25) is 0 Å². The van der Waals surface area contributed by atoms with E-state index in [1.165, 1.54) is 104 Å². The van der Waals surface area contributed by atoms with Gasteiger partial charge in [0.15, 0.2) is 11.5 Å². The Balaban J connectivity index is 1.05. The van der Waals surface area contributed by atoms with E-state index in [1.807, 2.05) is 48.2 Å². The number of rotatable bonds is 18. The van der Waals surface area contributed by atoms with Gasteiger partial charge in [0.25, 0.3) is 0 Å². The lowest BCUT2D eigenvalue weighted by atomic mass is 9.98. The Bertz CT molecular complexity index is 2050. The molecule has 6 heteroatoms. The second-order valence-corrected chi connectivity index (χ2v) is 16.5. The number of thiophene rings is 1. The maximum absolute atomic E-state index is 13.3. The van der Waals surface area contributed by atoms with Crippen LogP contribution in [0, 0.1) is 5.92 Å². The average Bonchev–Trinajstić information content (AvgIpc) is 3.96. The summed E-state index contributed by atoms with van der Waals surface area (Å²) in [5.41, 5.74) is 6.30. The van der Waals surface area contributed by atoms with Gasteiger partial charge >= 0.3 is 11.9 Å². The minimum absolute atomic E-state index is 0.322. The van der Waals surface area contributed by atoms with Crippen molar-refractivity contribution in [2.45, 2.75) is 104 Å². The van der Waals surface area contributed by atoms with Gasteiger partial charge in [-0.05, 0) is 76.6 Å². The highest BCUT2D eigenvalue weighted by atomic mass is 32.2. The molecule has 1 atom stereocenters. The predicted molar refractivity (Wildman–Crippen MR) is 217 cm³/mol. The Kier molecular flexibility index (Phi) is 12.1. The molecule has 1 aromatic heterocycles. The van der Waals surface area contributed by atoms with Crippen LogP contribution in [0.1, 0.15) is 120 Å². The molecule has 0 radical (unpaired) electrons. The molecule has 4 aromatic rings. The lowest BCUT2D eigenvalue weighted by Crippen LogP contribution is -2.11. The van der Waals surface area contributed by atoms with Crippen LogP contribution in [-0.4, -0.2) is 17.7 Å². The summed E-state index contributed by atoms with van der Waals surface area (Å²) in [6.45, 7) is 4.52. The number of allylic oxidation sites excluding steroid dienone is 1. The number of hydrogen-bond acceptors (Lipinski definition) is 6. The number of carbonyl (C=O) groups excluding carboxylic acids is 2. The minimum atomic E-state index is -0.431. The van der Waals surface area contributed by atoms with Crippen LogP contribution in [-0.2, 0) is 16.0 Å². The van der Waals surface area contributed by atoms with Crippen LogP contribution in [0.4, 0.5) is 0 Å². The van der Waals surface area contributed by atoms with E-state index in [0.717, 1.165) is 28.9 Å². The van der Waals surface area contributed by atoms with Crippen LogP contribution in [0.15, 0.2) is 78.2 Å². The molecule has 0 amide bonds. The fraction of sp³-hybridized carbons (Fsp3) is 0.391. The van der Waals surface area contributed by atoms with Crippen LogP contribution in [0.5, 0.6) is 11.5 Å². The van der Waals surface area contributed by atoms with Gasteiger partial charge in [-0.15, -0.1) is 23.1 Å². The average molecular weight is 731 g/mol. The van der Waals surface area contributed by atoms with Gasteiger partial charge in [0, 0.05) is 26.0 Å². The smallest absolute Gasteiger partial charge is 0.345 e. The zero-order chi connectivity index (χ0) is 35.9. The van der Waals surface area contributed by atoms with Crippen molar-refractivity contribution in [3.05, 3.63) is 111 Å². The monoisotopic (exact) mass is 730 g/mol. The van der Waals surface area contributed by atoms with Crippen LogP contribution < -0.4 is 19.9 Å². The molecule has 3 aliphatic rings. The molecule has 0 spiro atoms. The molecule has 0 aliphatic carbocycles. The molecule has 0 saturated heterocycles. The molecule has 4 heterocycles. The first-order valence-corrected chi connectivity index (χ1v) is 21.4. The third kappa shape index (κ3) is 8.19. The lowest BCUT2D eigenvalue weighted by Gasteiger charge is -2.05. The van der Waals surface area contributed by atoms with E-state index in [-0.39, 0.29) is 0 Å². The first-order chi connectivity index (χ1) is 25.5. The van der Waals surface area contributed by atoms with E-state index >= 15 is 0 Å². The van der Waals surface area contributed by atoms with E-state index in [0.29, 0.717) is 39.0 Å². The topological polar surface area (TPSA) is 52.6 Å². The van der Waals surface area contributed by atoms with Gasteiger partial charge in [-0.2, -0.15) is 0 Å². The maximum Gasteiger partial charge on any atom is 0.345 e. The summed E-state index contributed by atoms with van der Waals surface area (Å²) in [5, 5.41) is 3.58. The fourth-order valence-corrected chi connectivity index (χ4v) is 9.83. The molecule has 52 heavy (non-hydrogen) atoms. The van der Waals surface area contributed by atoms with Crippen LogP contribution >= 0.6 is 23.1 Å². The van der Waals surface area contributed by atoms with Crippen molar-refractivity contribution in [1.29, 1.82) is 0 Å². The highest BCUT2D eigenvalue weighted by Gasteiger charge is 2.34. The summed E-state index contributed by atoms with van der Waals surface area (Å²) in [6.07, 6.45) is 20.6. The van der Waals surface area contributed by atoms with Crippen molar-refractivity contribution in [2.24, 2.45) is 5.92 Å². The SMILES string of the molecule is CCCCCCCCc1csc(-c2ccc(C3=c4ccc5c(c4OC3=O)OC(=O)C=5c3ccc(C4=CC(CCCCCCCC)CS4)cc3)cc2)c1. The van der Waals surface area contributed by atoms with Crippen LogP contribution in [0.25, 0.3) is 26.5 Å². The van der Waals surface area contributed by atoms with Crippen molar-refractivity contribution >= 4 is 51.1 Å². The summed E-state index contributed by atoms with van der Waals surface area (Å²) in [5.74, 6) is 1.57. The Morgan fingerprint density at radius 2 is 1.13 bits per heavy atom. The highest BCUT2D eigenvalue weighted by Crippen LogP contribution is 2.40. The zero-order valence-electron chi connectivity index (χ0n) is 30.6. The predicted octanol–water partition coefficient (Wildman–Crippen LogP) is 11.0. The summed E-state index contributed by atoms with van der Waals surface area (Å²) >= 11 is 3.70. The summed E-state index contributed by atoms with van der Waals surface area (Å²) in [4.78, 5) is 29.1. The van der Waals surface area contributed by atoms with Crippen molar-refractivity contribution in [2.75, 3.05) is 5.75 Å². The van der Waals surface area contributed by atoms with Gasteiger partial charge in [0.2, 0.25) is 0 Å². The minimum Gasteiger partial charge on any atom is -0.418 e. The number of fused-ring (bicyclic) bond motifs is 3. The molecule has 270 valence electrons. The van der Waals surface area contributed by atoms with Gasteiger partial charge in [-0.1, -0.05) is 139 Å². The Morgan fingerprint density at radius 1 is 0.615 bits per heavy atom. The van der Waals surface area contributed by atoms with Gasteiger partial charge in [0.1, 0.15) is 0 Å². The largest absolute Gasteiger partial charge is 0.418 e. The fourth-order valence-electron chi connectivity index (χ4n) is 7.62. The standard InChI is InChI=1S/C46H50O4S2/c1-3-5-7-9-11-13-15-31-27-39(51-29-31)33-17-21-35(22-18-33)41-37-25-26-38-42(46(48)50-44(38)43(37)49-45(41)47)36-23-19-34(20-24-36)40-28-32(30-52-40)16-14-12-10-8-6-4-2/h17-29,32H,3-16,30H2,1-2H3. The number of benzene rings is 3. The van der Waals surface area contributed by atoms with Crippen molar-refractivity contribution in [1.82, 2.24) is 0 Å². The number of unbranched alkanes of at least 4 members (excludes halogenated alkanes) is 10. The Hall–Kier alpha value is -3.87. The Morgan fingerprint density at radius 3 is 1.73 bits per heavy atom. The lowest BCUT2D eigenvalue weighted by molar-refractivity contribution is -0.129. The first-order valence-electron chi connectivity index (χ1n) is 19.5. The number of carbonyl (C=O) groups is 2. The van der Waals surface area contributed by atoms with Gasteiger partial charge in [-0.3, -0.25) is 0 Å². The molecule has 0 fully saturated rings. The van der Waals surface area contributed by atoms with Crippen molar-refractivity contribution < 1.29 is 19.1 Å². The molecule has 1 unspecified atom stereocenters. The third-order valence-corrected chi connectivity index (χ3v) is 12.9. The van der Waals surface area contributed by atoms with E-state index in [4.69, 9.17) is 9.47 Å². The Labute approximate surface area is 317 Å². The number of esters is 2. The van der Waals surface area contributed by atoms with E-state index in [1.54, 1.807) is 11.3 Å². The highest BCUT2D eigenvalue weighted by molar-refractivity contribution is 8.08. The van der Waals surface area contributed by atoms with E-state index in [9.17, 15) is 9.59 Å². The molecular formula is C46H50O4S2. The third-order valence-electron chi connectivity index (χ3n) is 10.6. The quantitative estimate of drug-likeness (QED) is 0.0580. The second-order valence-electron chi connectivity index (χ2n) is 14.5. The van der Waals surface area contributed by atoms with Crippen molar-refractivity contribution in [3.63, 3.8) is 0 Å². The molecule has 4 nitrogen and oxygen atoms in total. The first kappa shape index (κ1) is 36.5. The summed E-state index contributed by atoms with van der Waals surface area (Å²) in [6, 6.07) is 22.4. The van der Waals surface area contributed by atoms with Gasteiger partial charge < -0.3 is 9.47 Å². The second kappa shape index (κ2) is 17.3. The maximum atomic E-state index is 13.3. The molecule has 0 bridgehead atoms. The van der Waals surface area contributed by atoms with E-state index < -0.39 is 11.9 Å². The normalized spacial score (nSPS) is 16.3. The number of thioether (sulfide) groups is 1. The molecular weight excluding hydrogens is 681 g/mol. The molecule has 7 rings (SSSR count). The summed E-state index contributed by atoms with van der Waals surface area (Å²) < 4.78 is 11.6. The summed E-state index contributed by atoms with van der Waals surface area (Å²) in [7, 11) is 0. The molecule has 0 N–H and O–H groups in total. The molecule has 3 aromatic carbocycles. The van der Waals surface area contributed by atoms with Gasteiger partial charge in [0.05, 0.1) is 11.1 Å². The molecule has 3 aliphatic heterocycles. The number of aryl methyl sites for hydroxylation is 1. The molecule has 0 saturated carbocycles. The zero-order valence-corrected chi connectivity index (χ0v) is 32.3. The van der Waals surface area contributed by atoms with Crippen LogP contribution in [0.3, 0.4) is 0 Å².